The smallest absolute Gasteiger partial charge is 0.237 e. The molecule has 5 nitrogen and oxygen atoms in total. The number of benzene rings is 1. The van der Waals surface area contributed by atoms with Gasteiger partial charge in [-0.25, -0.2) is 0 Å². The maximum Gasteiger partial charge on any atom is 0.237 e. The molecule has 3 N–H and O–H groups in total. The largest absolute Gasteiger partial charge is 0.497 e. The molecule has 1 aromatic carbocycles. The number of methoxy groups -OCH3 is 1. The monoisotopic (exact) mass is 314 g/mol. The van der Waals surface area contributed by atoms with Gasteiger partial charge in [0, 0.05) is 13.1 Å². The molecule has 0 radical (unpaired) electrons. The number of β-amino-alcohol motifs (C(OH)–C–C–N with tert-alkyl or cyclic N) is 1. The van der Waals surface area contributed by atoms with Crippen molar-refractivity contribution in [2.45, 2.75) is 31.4 Å². The van der Waals surface area contributed by atoms with Gasteiger partial charge < -0.3 is 20.5 Å². The molecule has 0 saturated carbocycles. The molecular weight excluding hydrogens is 292 g/mol. The van der Waals surface area contributed by atoms with Crippen LogP contribution in [-0.2, 0) is 11.2 Å². The van der Waals surface area contributed by atoms with E-state index in [1.807, 2.05) is 18.2 Å². The van der Waals surface area contributed by atoms with E-state index in [0.717, 1.165) is 18.6 Å². The second-order valence-corrected chi connectivity index (χ2v) is 5.10. The van der Waals surface area contributed by atoms with Crippen molar-refractivity contribution in [3.63, 3.8) is 0 Å². The lowest BCUT2D eigenvalue weighted by Gasteiger charge is -2.11. The normalized spacial score (nSPS) is 20.7. The van der Waals surface area contributed by atoms with Crippen LogP contribution in [0.4, 0.5) is 0 Å². The average Bonchev–Trinajstić information content (AvgIpc) is 2.90. The van der Waals surface area contributed by atoms with E-state index in [-0.39, 0.29) is 24.4 Å². The zero-order valence-electron chi connectivity index (χ0n) is 12.2. The first-order valence-electron chi connectivity index (χ1n) is 7.01. The fraction of sp³-hybridized carbons (Fsp3) is 0.533. The van der Waals surface area contributed by atoms with Gasteiger partial charge in [-0.3, -0.25) is 4.79 Å². The Kier molecular flexibility index (Phi) is 7.50. The summed E-state index contributed by atoms with van der Waals surface area (Å²) in [5.74, 6) is 0.836. The first-order chi connectivity index (χ1) is 9.69. The lowest BCUT2D eigenvalue weighted by Crippen LogP contribution is -2.40. The summed E-state index contributed by atoms with van der Waals surface area (Å²) >= 11 is 0. The molecule has 1 aromatic rings. The summed E-state index contributed by atoms with van der Waals surface area (Å²) in [5, 5.41) is 15.3. The van der Waals surface area contributed by atoms with Crippen molar-refractivity contribution in [3.8, 4) is 5.75 Å². The van der Waals surface area contributed by atoms with Crippen molar-refractivity contribution in [3.05, 3.63) is 29.8 Å². The first kappa shape index (κ1) is 17.8. The summed E-state index contributed by atoms with van der Waals surface area (Å²) in [6, 6.07) is 7.70. The van der Waals surface area contributed by atoms with E-state index in [0.29, 0.717) is 19.5 Å². The molecule has 21 heavy (non-hydrogen) atoms. The third kappa shape index (κ3) is 5.53. The van der Waals surface area contributed by atoms with Gasteiger partial charge in [0.05, 0.1) is 19.3 Å². The number of aryl methyl sites for hydroxylation is 1. The molecule has 0 aromatic heterocycles. The van der Waals surface area contributed by atoms with E-state index < -0.39 is 6.10 Å². The summed E-state index contributed by atoms with van der Waals surface area (Å²) in [5.41, 5.74) is 1.20. The molecule has 1 saturated heterocycles. The van der Waals surface area contributed by atoms with E-state index in [1.54, 1.807) is 7.11 Å². The van der Waals surface area contributed by atoms with Gasteiger partial charge in [-0.2, -0.15) is 0 Å². The number of hydrogen-bond acceptors (Lipinski definition) is 4. The summed E-state index contributed by atoms with van der Waals surface area (Å²) in [6.45, 7) is 1.15. The van der Waals surface area contributed by atoms with Crippen LogP contribution in [0.1, 0.15) is 18.4 Å². The van der Waals surface area contributed by atoms with Crippen LogP contribution < -0.4 is 15.4 Å². The van der Waals surface area contributed by atoms with Gasteiger partial charge >= 0.3 is 0 Å². The number of ether oxygens (including phenoxy) is 1. The number of hydrogen-bond donors (Lipinski definition) is 3. The van der Waals surface area contributed by atoms with Gasteiger partial charge in [-0.1, -0.05) is 12.1 Å². The zero-order valence-corrected chi connectivity index (χ0v) is 13.0. The second-order valence-electron chi connectivity index (χ2n) is 5.10. The summed E-state index contributed by atoms with van der Waals surface area (Å²) in [6.07, 6.45) is 1.89. The minimum absolute atomic E-state index is 0. The van der Waals surface area contributed by atoms with Crippen molar-refractivity contribution in [1.29, 1.82) is 0 Å². The third-order valence-corrected chi connectivity index (χ3v) is 3.50. The highest BCUT2D eigenvalue weighted by molar-refractivity contribution is 5.85. The summed E-state index contributed by atoms with van der Waals surface area (Å²) < 4.78 is 5.18. The van der Waals surface area contributed by atoms with Crippen LogP contribution in [0.25, 0.3) is 0 Å². The lowest BCUT2D eigenvalue weighted by atomic mass is 10.1. The number of carbonyl (C=O) groups is 1. The summed E-state index contributed by atoms with van der Waals surface area (Å²) in [7, 11) is 1.66. The van der Waals surface area contributed by atoms with Gasteiger partial charge in [0.2, 0.25) is 5.91 Å². The molecule has 0 bridgehead atoms. The first-order valence-corrected chi connectivity index (χ1v) is 7.01. The Hall–Kier alpha value is -1.30. The lowest BCUT2D eigenvalue weighted by molar-refractivity contribution is -0.122. The van der Waals surface area contributed by atoms with Crippen molar-refractivity contribution in [2.24, 2.45) is 0 Å². The Morgan fingerprint density at radius 3 is 3.00 bits per heavy atom. The van der Waals surface area contributed by atoms with Crippen LogP contribution in [0, 0.1) is 0 Å². The Balaban J connectivity index is 0.00000220. The molecule has 0 aliphatic carbocycles. The van der Waals surface area contributed by atoms with Gasteiger partial charge in [0.15, 0.2) is 0 Å². The van der Waals surface area contributed by atoms with Crippen LogP contribution in [0.2, 0.25) is 0 Å². The Bertz CT molecular complexity index is 456. The van der Waals surface area contributed by atoms with Crippen LogP contribution >= 0.6 is 12.4 Å². The molecule has 1 heterocycles. The third-order valence-electron chi connectivity index (χ3n) is 3.50. The van der Waals surface area contributed by atoms with E-state index >= 15 is 0 Å². The number of rotatable bonds is 6. The van der Waals surface area contributed by atoms with Crippen molar-refractivity contribution in [2.75, 3.05) is 20.2 Å². The molecule has 2 rings (SSSR count). The zero-order chi connectivity index (χ0) is 14.4. The van der Waals surface area contributed by atoms with Gasteiger partial charge in [-0.15, -0.1) is 12.4 Å². The van der Waals surface area contributed by atoms with E-state index in [1.165, 1.54) is 5.56 Å². The predicted octanol–water partition coefficient (Wildman–Crippen LogP) is 0.889. The van der Waals surface area contributed by atoms with Crippen LogP contribution in [0.3, 0.4) is 0 Å². The van der Waals surface area contributed by atoms with Crippen molar-refractivity contribution < 1.29 is 14.6 Å². The molecule has 6 heteroatoms. The van der Waals surface area contributed by atoms with Crippen LogP contribution in [-0.4, -0.2) is 43.4 Å². The van der Waals surface area contributed by atoms with E-state index in [2.05, 4.69) is 16.7 Å². The highest BCUT2D eigenvalue weighted by Crippen LogP contribution is 2.13. The number of amides is 1. The van der Waals surface area contributed by atoms with E-state index in [4.69, 9.17) is 4.74 Å². The van der Waals surface area contributed by atoms with Crippen LogP contribution in [0.15, 0.2) is 24.3 Å². The minimum atomic E-state index is -0.400. The Morgan fingerprint density at radius 2 is 2.33 bits per heavy atom. The molecule has 118 valence electrons. The second kappa shape index (κ2) is 8.87. The molecule has 1 amide bonds. The predicted molar refractivity (Wildman–Crippen MR) is 84.0 cm³/mol. The number of aliphatic hydroxyl groups excluding tert-OH is 1. The minimum Gasteiger partial charge on any atom is -0.497 e. The SMILES string of the molecule is COc1cccc(CCCNC(=O)C2CC(O)CN2)c1.Cl. The van der Waals surface area contributed by atoms with Crippen molar-refractivity contribution in [1.82, 2.24) is 10.6 Å². The fourth-order valence-electron chi connectivity index (χ4n) is 2.37. The number of carbonyl (C=O) groups excluding carboxylic acids is 1. The van der Waals surface area contributed by atoms with E-state index in [9.17, 15) is 9.90 Å². The summed E-state index contributed by atoms with van der Waals surface area (Å²) in [4.78, 5) is 11.8. The number of aliphatic hydroxyl groups is 1. The topological polar surface area (TPSA) is 70.6 Å². The maximum atomic E-state index is 11.8. The van der Waals surface area contributed by atoms with Gasteiger partial charge in [-0.05, 0) is 37.0 Å². The molecule has 1 aliphatic heterocycles. The Morgan fingerprint density at radius 1 is 1.52 bits per heavy atom. The van der Waals surface area contributed by atoms with Crippen LogP contribution in [0.5, 0.6) is 5.75 Å². The molecule has 1 fully saturated rings. The van der Waals surface area contributed by atoms with Gasteiger partial charge in [0.1, 0.15) is 5.75 Å². The standard InChI is InChI=1S/C15H22N2O3.ClH/c1-20-13-6-2-4-11(8-13)5-3-7-16-15(19)14-9-12(18)10-17-14;/h2,4,6,8,12,14,17-18H,3,5,7,9-10H2,1H3,(H,16,19);1H. The number of nitrogens with one attached hydrogen (secondary N) is 2. The average molecular weight is 315 g/mol. The Labute approximate surface area is 131 Å². The highest BCUT2D eigenvalue weighted by atomic mass is 35.5. The molecule has 0 spiro atoms. The molecule has 2 atom stereocenters. The highest BCUT2D eigenvalue weighted by Gasteiger charge is 2.27. The molecule has 2 unspecified atom stereocenters. The van der Waals surface area contributed by atoms with Crippen molar-refractivity contribution >= 4 is 18.3 Å². The fourth-order valence-corrected chi connectivity index (χ4v) is 2.37. The molecular formula is C15H23ClN2O3. The quantitative estimate of drug-likeness (QED) is 0.682. The number of halogens is 1. The van der Waals surface area contributed by atoms with Gasteiger partial charge in [0.25, 0.3) is 0 Å². The molecule has 1 aliphatic rings. The maximum absolute atomic E-state index is 11.8.